The van der Waals surface area contributed by atoms with Crippen LogP contribution in [0.15, 0.2) is 72.8 Å². The number of halogens is 2. The molecule has 1 aliphatic rings. The summed E-state index contributed by atoms with van der Waals surface area (Å²) >= 11 is 6.13. The van der Waals surface area contributed by atoms with Gasteiger partial charge in [-0.1, -0.05) is 65.7 Å². The fourth-order valence-electron chi connectivity index (χ4n) is 6.61. The van der Waals surface area contributed by atoms with Crippen molar-refractivity contribution < 1.29 is 31.2 Å². The molecule has 0 aliphatic carbocycles. The molecular formula is C36H44Cl2N6O3. The highest BCUT2D eigenvalue weighted by Gasteiger charge is 2.46. The lowest BCUT2D eigenvalue weighted by Crippen LogP contribution is -3.00. The second kappa shape index (κ2) is 16.2. The number of aryl methyl sites for hydroxylation is 3. The number of quaternary nitrogens is 1. The normalized spacial score (nSPS) is 16.7. The summed E-state index contributed by atoms with van der Waals surface area (Å²) in [4.78, 5) is 21.8. The van der Waals surface area contributed by atoms with Gasteiger partial charge in [-0.15, -0.1) is 0 Å². The van der Waals surface area contributed by atoms with Crippen LogP contribution >= 0.6 is 11.6 Å². The summed E-state index contributed by atoms with van der Waals surface area (Å²) in [5.41, 5.74) is 16.8. The first-order valence-electron chi connectivity index (χ1n) is 15.8. The van der Waals surface area contributed by atoms with E-state index in [4.69, 9.17) is 32.5 Å². The van der Waals surface area contributed by atoms with Crippen LogP contribution < -0.4 is 38.7 Å². The van der Waals surface area contributed by atoms with E-state index in [0.29, 0.717) is 0 Å². The van der Waals surface area contributed by atoms with Crippen LogP contribution in [-0.4, -0.2) is 66.8 Å². The van der Waals surface area contributed by atoms with Gasteiger partial charge < -0.3 is 43.1 Å². The zero-order chi connectivity index (χ0) is 32.7. The number of aromatic nitrogens is 2. The van der Waals surface area contributed by atoms with Crippen molar-refractivity contribution in [3.8, 4) is 11.5 Å². The first kappa shape index (κ1) is 35.8. The molecule has 3 aromatic carbocycles. The predicted octanol–water partition coefficient (Wildman–Crippen LogP) is 2.60. The molecule has 5 rings (SSSR count). The van der Waals surface area contributed by atoms with E-state index < -0.39 is 5.91 Å². The van der Waals surface area contributed by atoms with Crippen molar-refractivity contribution in [1.29, 1.82) is 0 Å². The number of hydrogen-bond donors (Lipinski definition) is 3. The number of likely N-dealkylation sites (tertiary alicyclic amines) is 1. The number of anilines is 2. The first-order valence-corrected chi connectivity index (χ1v) is 16.1. The van der Waals surface area contributed by atoms with Crippen molar-refractivity contribution in [3.05, 3.63) is 106 Å². The van der Waals surface area contributed by atoms with Gasteiger partial charge in [0.05, 0.1) is 45.8 Å². The number of amides is 1. The molecule has 0 bridgehead atoms. The van der Waals surface area contributed by atoms with Crippen molar-refractivity contribution in [1.82, 2.24) is 15.3 Å². The van der Waals surface area contributed by atoms with Gasteiger partial charge in [0, 0.05) is 12.8 Å². The Labute approximate surface area is 288 Å². The summed E-state index contributed by atoms with van der Waals surface area (Å²) in [6.07, 6.45) is 3.96. The fourth-order valence-corrected chi connectivity index (χ4v) is 6.73. The molecule has 1 aliphatic heterocycles. The molecule has 47 heavy (non-hydrogen) atoms. The number of carbonyl (C=O) groups is 1. The number of methoxy groups -OCH3 is 2. The molecule has 4 aromatic rings. The quantitative estimate of drug-likeness (QED) is 0.186. The Balaban J connectivity index is 0.00000500. The third kappa shape index (κ3) is 9.06. The van der Waals surface area contributed by atoms with Gasteiger partial charge in [0.1, 0.15) is 18.0 Å². The van der Waals surface area contributed by atoms with Crippen LogP contribution in [0, 0.1) is 6.92 Å². The van der Waals surface area contributed by atoms with E-state index in [1.54, 1.807) is 14.2 Å². The van der Waals surface area contributed by atoms with Crippen molar-refractivity contribution >= 4 is 29.1 Å². The summed E-state index contributed by atoms with van der Waals surface area (Å²) in [6.45, 7) is 5.75. The molecule has 2 atom stereocenters. The van der Waals surface area contributed by atoms with E-state index in [9.17, 15) is 4.79 Å². The average molecular weight is 680 g/mol. The van der Waals surface area contributed by atoms with Crippen LogP contribution in [0.25, 0.3) is 0 Å². The molecule has 2 heterocycles. The zero-order valence-electron chi connectivity index (χ0n) is 27.2. The SMILES string of the molecule is COc1ccc(CCC[N+]2(CCCc3ccc(OC)cc3)CC(NC(=O)c3nc(Cl)c(N)nc3N)[C@H](c3ccc(C)cc3)C2)cc1.[Cl-]. The predicted molar refractivity (Wildman–Crippen MR) is 183 cm³/mol. The van der Waals surface area contributed by atoms with Gasteiger partial charge in [0.2, 0.25) is 0 Å². The van der Waals surface area contributed by atoms with Gasteiger partial charge in [-0.05, 0) is 60.7 Å². The van der Waals surface area contributed by atoms with Crippen LogP contribution in [0.2, 0.25) is 5.15 Å². The summed E-state index contributed by atoms with van der Waals surface area (Å²) in [7, 11) is 3.37. The second-order valence-corrected chi connectivity index (χ2v) is 12.6. The van der Waals surface area contributed by atoms with Crippen molar-refractivity contribution in [2.24, 2.45) is 0 Å². The number of nitrogens with two attached hydrogens (primary N) is 2. The van der Waals surface area contributed by atoms with Crippen molar-refractivity contribution in [3.63, 3.8) is 0 Å². The second-order valence-electron chi connectivity index (χ2n) is 12.3. The Kier molecular flexibility index (Phi) is 12.3. The standard InChI is InChI=1S/C36H43ClN6O3.ClH/c1-24-8-14-27(15-9-24)30-22-43(20-4-6-25-10-16-28(45-2)17-11-25,21-5-7-26-12-18-29(46-3)19-13-26)23-31(30)40-36(44)32-34(38)42-35(39)33(37)41-32;/h8-19,30-31H,4-7,20-23H2,1-3H3,(H4-,38,39,40,42,44);1H/t30-,31?;/m0./s1. The lowest BCUT2D eigenvalue weighted by atomic mass is 9.93. The first-order chi connectivity index (χ1) is 22.2. The van der Waals surface area contributed by atoms with Gasteiger partial charge in [0.15, 0.2) is 22.5 Å². The van der Waals surface area contributed by atoms with Gasteiger partial charge in [-0.25, -0.2) is 9.97 Å². The maximum Gasteiger partial charge on any atom is 0.274 e. The molecule has 1 aromatic heterocycles. The minimum absolute atomic E-state index is 0. The minimum Gasteiger partial charge on any atom is -1.00 e. The molecule has 0 radical (unpaired) electrons. The zero-order valence-corrected chi connectivity index (χ0v) is 28.7. The minimum atomic E-state index is -0.398. The highest BCUT2D eigenvalue weighted by atomic mass is 35.5. The monoisotopic (exact) mass is 678 g/mol. The van der Waals surface area contributed by atoms with E-state index in [1.807, 2.05) is 24.3 Å². The van der Waals surface area contributed by atoms with E-state index in [0.717, 1.165) is 67.8 Å². The number of carbonyl (C=O) groups excluding carboxylic acids is 1. The Morgan fingerprint density at radius 3 is 1.87 bits per heavy atom. The Morgan fingerprint density at radius 2 is 1.36 bits per heavy atom. The number of nitrogen functional groups attached to an aromatic ring is 2. The highest BCUT2D eigenvalue weighted by Crippen LogP contribution is 2.35. The number of hydrogen-bond acceptors (Lipinski definition) is 7. The molecule has 9 nitrogen and oxygen atoms in total. The number of rotatable bonds is 13. The Hall–Kier alpha value is -4.05. The summed E-state index contributed by atoms with van der Waals surface area (Å²) in [5, 5.41) is 3.24. The van der Waals surface area contributed by atoms with Crippen LogP contribution in [-0.2, 0) is 12.8 Å². The summed E-state index contributed by atoms with van der Waals surface area (Å²) in [5.74, 6) is 1.38. The topological polar surface area (TPSA) is 125 Å². The van der Waals surface area contributed by atoms with Crippen LogP contribution in [0.1, 0.15) is 51.5 Å². The highest BCUT2D eigenvalue weighted by molar-refractivity contribution is 6.31. The largest absolute Gasteiger partial charge is 1.00 e. The molecule has 0 spiro atoms. The van der Waals surface area contributed by atoms with E-state index >= 15 is 0 Å². The van der Waals surface area contributed by atoms with Crippen molar-refractivity contribution in [2.75, 3.05) is 51.9 Å². The fraction of sp³-hybridized carbons (Fsp3) is 0.361. The Bertz CT molecular complexity index is 1560. The van der Waals surface area contributed by atoms with Gasteiger partial charge in [-0.2, -0.15) is 0 Å². The third-order valence-electron chi connectivity index (χ3n) is 9.11. The number of benzene rings is 3. The molecule has 1 fully saturated rings. The van der Waals surface area contributed by atoms with Crippen molar-refractivity contribution in [2.45, 2.75) is 44.6 Å². The summed E-state index contributed by atoms with van der Waals surface area (Å²) in [6, 6.07) is 25.1. The van der Waals surface area contributed by atoms with E-state index in [-0.39, 0.29) is 46.8 Å². The molecule has 250 valence electrons. The number of nitrogens with one attached hydrogen (secondary N) is 1. The molecule has 1 amide bonds. The van der Waals surface area contributed by atoms with Crippen LogP contribution in [0.5, 0.6) is 11.5 Å². The molecule has 1 unspecified atom stereocenters. The average Bonchev–Trinajstić information content (AvgIpc) is 3.41. The van der Waals surface area contributed by atoms with E-state index in [2.05, 4.69) is 70.7 Å². The van der Waals surface area contributed by atoms with E-state index in [1.165, 1.54) is 22.3 Å². The smallest absolute Gasteiger partial charge is 0.274 e. The summed E-state index contributed by atoms with van der Waals surface area (Å²) < 4.78 is 11.6. The van der Waals surface area contributed by atoms with Gasteiger partial charge in [-0.3, -0.25) is 4.79 Å². The van der Waals surface area contributed by atoms with Gasteiger partial charge >= 0.3 is 0 Å². The number of nitrogens with zero attached hydrogens (tertiary/aromatic N) is 3. The lowest BCUT2D eigenvalue weighted by Gasteiger charge is -2.35. The van der Waals surface area contributed by atoms with Gasteiger partial charge in [0.25, 0.3) is 5.91 Å². The maximum atomic E-state index is 13.6. The molecule has 1 saturated heterocycles. The van der Waals surface area contributed by atoms with Crippen LogP contribution in [0.4, 0.5) is 11.6 Å². The molecule has 11 heteroatoms. The number of ether oxygens (including phenoxy) is 2. The molecule has 5 N–H and O–H groups in total. The third-order valence-corrected chi connectivity index (χ3v) is 9.39. The lowest BCUT2D eigenvalue weighted by molar-refractivity contribution is -0.918. The van der Waals surface area contributed by atoms with Crippen LogP contribution in [0.3, 0.4) is 0 Å². The maximum absolute atomic E-state index is 13.6. The molecular weight excluding hydrogens is 635 g/mol. The molecule has 0 saturated carbocycles. The Morgan fingerprint density at radius 1 is 0.830 bits per heavy atom.